The highest BCUT2D eigenvalue weighted by Crippen LogP contribution is 2.27. The van der Waals surface area contributed by atoms with Gasteiger partial charge in [0.2, 0.25) is 5.88 Å². The van der Waals surface area contributed by atoms with Crippen LogP contribution >= 0.6 is 11.6 Å². The zero-order valence-electron chi connectivity index (χ0n) is 10.4. The first kappa shape index (κ1) is 13.7. The lowest BCUT2D eigenvalue weighted by Gasteiger charge is -2.07. The highest BCUT2D eigenvalue weighted by molar-refractivity contribution is 6.30. The Hall–Kier alpha value is -1.72. The van der Waals surface area contributed by atoms with Gasteiger partial charge >= 0.3 is 0 Å². The summed E-state index contributed by atoms with van der Waals surface area (Å²) in [5.41, 5.74) is 0.792. The molecule has 1 N–H and O–H groups in total. The van der Waals surface area contributed by atoms with Crippen molar-refractivity contribution in [3.8, 4) is 11.6 Å². The van der Waals surface area contributed by atoms with Crippen LogP contribution in [0.2, 0.25) is 5.02 Å². The van der Waals surface area contributed by atoms with Gasteiger partial charge in [0.15, 0.2) is 11.6 Å². The molecule has 0 amide bonds. The van der Waals surface area contributed by atoms with Gasteiger partial charge in [-0.2, -0.15) is 0 Å². The Morgan fingerprint density at radius 1 is 1.32 bits per heavy atom. The third-order valence-electron chi connectivity index (χ3n) is 2.37. The van der Waals surface area contributed by atoms with E-state index in [9.17, 15) is 4.39 Å². The van der Waals surface area contributed by atoms with Crippen LogP contribution in [-0.2, 0) is 6.54 Å². The minimum absolute atomic E-state index is 0.00854. The standard InChI is InChI=1S/C13H13ClFN3O/c1-2-16-6-9-7-18-12(8-17-9)19-11-5-3-4-10(14)13(11)15/h3-5,7-8,16H,2,6H2,1H3. The van der Waals surface area contributed by atoms with Gasteiger partial charge in [-0.05, 0) is 18.7 Å². The van der Waals surface area contributed by atoms with Gasteiger partial charge in [0, 0.05) is 6.54 Å². The average Bonchev–Trinajstić information content (AvgIpc) is 2.43. The molecule has 1 aromatic carbocycles. The van der Waals surface area contributed by atoms with E-state index < -0.39 is 5.82 Å². The zero-order chi connectivity index (χ0) is 13.7. The van der Waals surface area contributed by atoms with Crippen LogP contribution in [0.4, 0.5) is 4.39 Å². The largest absolute Gasteiger partial charge is 0.434 e. The Labute approximate surface area is 115 Å². The van der Waals surface area contributed by atoms with E-state index in [0.29, 0.717) is 6.54 Å². The maximum absolute atomic E-state index is 13.6. The first-order valence-electron chi connectivity index (χ1n) is 5.84. The highest BCUT2D eigenvalue weighted by atomic mass is 35.5. The smallest absolute Gasteiger partial charge is 0.237 e. The maximum Gasteiger partial charge on any atom is 0.237 e. The number of benzene rings is 1. The molecule has 0 radical (unpaired) electrons. The van der Waals surface area contributed by atoms with Crippen molar-refractivity contribution in [3.05, 3.63) is 47.1 Å². The van der Waals surface area contributed by atoms with E-state index in [1.54, 1.807) is 12.3 Å². The monoisotopic (exact) mass is 281 g/mol. The second-order valence-electron chi connectivity index (χ2n) is 3.78. The summed E-state index contributed by atoms with van der Waals surface area (Å²) in [6.45, 7) is 3.50. The number of rotatable bonds is 5. The molecule has 2 aromatic rings. The molecule has 0 fully saturated rings. The molecule has 4 nitrogen and oxygen atoms in total. The number of aromatic nitrogens is 2. The fourth-order valence-corrected chi connectivity index (χ4v) is 1.58. The summed E-state index contributed by atoms with van der Waals surface area (Å²) in [5, 5.41) is 3.14. The summed E-state index contributed by atoms with van der Waals surface area (Å²) in [6.07, 6.45) is 3.04. The third-order valence-corrected chi connectivity index (χ3v) is 2.66. The third kappa shape index (κ3) is 3.62. The van der Waals surface area contributed by atoms with Crippen molar-refractivity contribution in [3.63, 3.8) is 0 Å². The molecule has 1 heterocycles. The quantitative estimate of drug-likeness (QED) is 0.914. The second-order valence-corrected chi connectivity index (χ2v) is 4.19. The summed E-state index contributed by atoms with van der Waals surface area (Å²) in [7, 11) is 0. The molecule has 0 saturated carbocycles. The van der Waals surface area contributed by atoms with Gasteiger partial charge in [-0.3, -0.25) is 4.98 Å². The fraction of sp³-hybridized carbons (Fsp3) is 0.231. The van der Waals surface area contributed by atoms with E-state index >= 15 is 0 Å². The molecule has 0 aliphatic heterocycles. The van der Waals surface area contributed by atoms with Crippen LogP contribution in [0, 0.1) is 5.82 Å². The molecule has 0 atom stereocenters. The molecule has 0 aliphatic rings. The molecule has 0 spiro atoms. The lowest BCUT2D eigenvalue weighted by molar-refractivity contribution is 0.425. The first-order chi connectivity index (χ1) is 9.20. The Morgan fingerprint density at radius 2 is 2.16 bits per heavy atom. The summed E-state index contributed by atoms with van der Waals surface area (Å²) >= 11 is 5.66. The summed E-state index contributed by atoms with van der Waals surface area (Å²) in [5.74, 6) is -0.356. The SMILES string of the molecule is CCNCc1cnc(Oc2cccc(Cl)c2F)cn1. The molecule has 0 aliphatic carbocycles. The van der Waals surface area contributed by atoms with Crippen molar-refractivity contribution >= 4 is 11.6 Å². The molecular weight excluding hydrogens is 269 g/mol. The number of nitrogens with zero attached hydrogens (tertiary/aromatic N) is 2. The van der Waals surface area contributed by atoms with Crippen molar-refractivity contribution < 1.29 is 9.13 Å². The number of ether oxygens (including phenoxy) is 1. The fourth-order valence-electron chi connectivity index (χ4n) is 1.42. The Morgan fingerprint density at radius 3 is 2.84 bits per heavy atom. The second kappa shape index (κ2) is 6.45. The normalized spacial score (nSPS) is 10.5. The molecule has 0 unspecified atom stereocenters. The van der Waals surface area contributed by atoms with E-state index in [-0.39, 0.29) is 16.7 Å². The van der Waals surface area contributed by atoms with Gasteiger partial charge in [0.05, 0.1) is 23.1 Å². The molecule has 19 heavy (non-hydrogen) atoms. The Kier molecular flexibility index (Phi) is 4.65. The summed E-state index contributed by atoms with van der Waals surface area (Å²) in [4.78, 5) is 8.22. The topological polar surface area (TPSA) is 47.0 Å². The van der Waals surface area contributed by atoms with Gasteiger partial charge in [-0.1, -0.05) is 24.6 Å². The number of nitrogens with one attached hydrogen (secondary N) is 1. The van der Waals surface area contributed by atoms with E-state index in [1.165, 1.54) is 18.3 Å². The predicted molar refractivity (Wildman–Crippen MR) is 70.9 cm³/mol. The van der Waals surface area contributed by atoms with Crippen molar-refractivity contribution in [2.24, 2.45) is 0 Å². The highest BCUT2D eigenvalue weighted by Gasteiger charge is 2.09. The minimum atomic E-state index is -0.609. The number of hydrogen-bond donors (Lipinski definition) is 1. The van der Waals surface area contributed by atoms with Gasteiger partial charge in [0.25, 0.3) is 0 Å². The Balaban J connectivity index is 2.09. The van der Waals surface area contributed by atoms with Crippen LogP contribution in [0.5, 0.6) is 11.6 Å². The van der Waals surface area contributed by atoms with E-state index in [0.717, 1.165) is 12.2 Å². The van der Waals surface area contributed by atoms with Crippen molar-refractivity contribution in [2.75, 3.05) is 6.54 Å². The molecule has 2 rings (SSSR count). The zero-order valence-corrected chi connectivity index (χ0v) is 11.1. The molecule has 1 aromatic heterocycles. The van der Waals surface area contributed by atoms with Gasteiger partial charge in [-0.25, -0.2) is 9.37 Å². The number of halogens is 2. The van der Waals surface area contributed by atoms with E-state index in [2.05, 4.69) is 15.3 Å². The van der Waals surface area contributed by atoms with E-state index in [4.69, 9.17) is 16.3 Å². The number of hydrogen-bond acceptors (Lipinski definition) is 4. The molecule has 0 saturated heterocycles. The lowest BCUT2D eigenvalue weighted by Crippen LogP contribution is -2.13. The average molecular weight is 282 g/mol. The van der Waals surface area contributed by atoms with E-state index in [1.807, 2.05) is 6.92 Å². The summed E-state index contributed by atoms with van der Waals surface area (Å²) in [6, 6.07) is 4.54. The lowest BCUT2D eigenvalue weighted by atomic mass is 10.3. The van der Waals surface area contributed by atoms with Crippen molar-refractivity contribution in [2.45, 2.75) is 13.5 Å². The Bertz CT molecular complexity index is 548. The van der Waals surface area contributed by atoms with Gasteiger partial charge in [0.1, 0.15) is 0 Å². The molecule has 6 heteroatoms. The van der Waals surface area contributed by atoms with Crippen LogP contribution < -0.4 is 10.1 Å². The van der Waals surface area contributed by atoms with Gasteiger partial charge in [-0.15, -0.1) is 0 Å². The first-order valence-corrected chi connectivity index (χ1v) is 6.22. The van der Waals surface area contributed by atoms with Crippen molar-refractivity contribution in [1.82, 2.24) is 15.3 Å². The van der Waals surface area contributed by atoms with Crippen LogP contribution in [0.15, 0.2) is 30.6 Å². The minimum Gasteiger partial charge on any atom is -0.434 e. The van der Waals surface area contributed by atoms with Crippen LogP contribution in [0.3, 0.4) is 0 Å². The molecule has 100 valence electrons. The molecular formula is C13H13ClFN3O. The van der Waals surface area contributed by atoms with Gasteiger partial charge < -0.3 is 10.1 Å². The van der Waals surface area contributed by atoms with Crippen molar-refractivity contribution in [1.29, 1.82) is 0 Å². The van der Waals surface area contributed by atoms with Crippen LogP contribution in [0.1, 0.15) is 12.6 Å². The molecule has 0 bridgehead atoms. The maximum atomic E-state index is 13.6. The van der Waals surface area contributed by atoms with Crippen LogP contribution in [-0.4, -0.2) is 16.5 Å². The summed E-state index contributed by atoms with van der Waals surface area (Å²) < 4.78 is 18.9. The van der Waals surface area contributed by atoms with Crippen LogP contribution in [0.25, 0.3) is 0 Å². The predicted octanol–water partition coefficient (Wildman–Crippen LogP) is 3.17.